The standard InChI is InChI=1S/C45H58N3O4/c1-10-25-47(26-11-2)34-21-23-36-42(29-34)52-43-30-35(48(27-12-3)28-13-4)22-24-37(43)45(36)39-31-40(46(15-6)16-7)38(32-41(39)50-9)33(14-5)19-18-20-44(49)51-17-8/h10-13,21-24,29-33H,1-4,14-20,25-28H2,5-9H3/q+1. The first-order valence-electron chi connectivity index (χ1n) is 18.7. The average molecular weight is 705 g/mol. The summed E-state index contributed by atoms with van der Waals surface area (Å²) in [5, 5.41) is 2.02. The van der Waals surface area contributed by atoms with Crippen molar-refractivity contribution in [3.05, 3.63) is 110 Å². The number of methoxy groups -OCH3 is 1. The molecule has 2 aromatic rings. The number of carbonyl (C=O) groups excluding carboxylic acids is 1. The first-order valence-corrected chi connectivity index (χ1v) is 18.7. The van der Waals surface area contributed by atoms with Gasteiger partial charge in [-0.15, -0.1) is 13.2 Å². The second-order valence-corrected chi connectivity index (χ2v) is 12.9. The van der Waals surface area contributed by atoms with Gasteiger partial charge < -0.3 is 23.7 Å². The fourth-order valence-electron chi connectivity index (χ4n) is 7.16. The highest BCUT2D eigenvalue weighted by Gasteiger charge is 2.26. The maximum absolute atomic E-state index is 12.2. The molecule has 0 saturated carbocycles. The minimum atomic E-state index is -0.136. The Morgan fingerprint density at radius 3 is 2.17 bits per heavy atom. The summed E-state index contributed by atoms with van der Waals surface area (Å²) in [5.74, 6) is 1.69. The zero-order chi connectivity index (χ0) is 37.6. The highest BCUT2D eigenvalue weighted by atomic mass is 16.5. The molecule has 0 aromatic heterocycles. The lowest BCUT2D eigenvalue weighted by Crippen LogP contribution is -2.30. The minimum absolute atomic E-state index is 0.136. The predicted molar refractivity (Wildman–Crippen MR) is 220 cm³/mol. The van der Waals surface area contributed by atoms with Crippen LogP contribution in [0.1, 0.15) is 64.9 Å². The number of nitrogens with zero attached hydrogens (tertiary/aromatic N) is 3. The van der Waals surface area contributed by atoms with Gasteiger partial charge in [0.25, 0.3) is 0 Å². The third-order valence-electron chi connectivity index (χ3n) is 9.71. The van der Waals surface area contributed by atoms with Crippen molar-refractivity contribution in [1.82, 2.24) is 4.58 Å². The number of anilines is 2. The van der Waals surface area contributed by atoms with Gasteiger partial charge in [0.05, 0.1) is 19.8 Å². The van der Waals surface area contributed by atoms with E-state index >= 15 is 0 Å². The smallest absolute Gasteiger partial charge is 0.305 e. The summed E-state index contributed by atoms with van der Waals surface area (Å²) in [6, 6.07) is 17.4. The molecular weight excluding hydrogens is 647 g/mol. The number of rotatable bonds is 21. The van der Waals surface area contributed by atoms with E-state index < -0.39 is 0 Å². The number of hydrogen-bond donors (Lipinski definition) is 0. The SMILES string of the molecule is C=CCN(CC=C)c1ccc2c(-c3cc(N(CC)CC)c(C(CC)CCCC(=O)OCC)cc3OC)c3ccc(=[N+](CC=C)CC=C)cc-3oc2c1. The lowest BCUT2D eigenvalue weighted by atomic mass is 9.86. The number of ether oxygens (including phenoxy) is 2. The van der Waals surface area contributed by atoms with E-state index in [0.717, 1.165) is 82.6 Å². The molecule has 7 nitrogen and oxygen atoms in total. The average Bonchev–Trinajstić information content (AvgIpc) is 3.15. The Hall–Kier alpha value is -5.04. The molecule has 0 bridgehead atoms. The van der Waals surface area contributed by atoms with Crippen molar-refractivity contribution in [1.29, 1.82) is 0 Å². The molecule has 1 atom stereocenters. The van der Waals surface area contributed by atoms with Crippen molar-refractivity contribution < 1.29 is 18.7 Å². The molecule has 1 aliphatic carbocycles. The number of hydrogen-bond acceptors (Lipinski definition) is 6. The minimum Gasteiger partial charge on any atom is -0.496 e. The molecule has 0 amide bonds. The summed E-state index contributed by atoms with van der Waals surface area (Å²) in [7, 11) is 1.75. The Morgan fingerprint density at radius 2 is 1.58 bits per heavy atom. The number of fused-ring (bicyclic) bond motifs is 2. The fourth-order valence-corrected chi connectivity index (χ4v) is 7.16. The van der Waals surface area contributed by atoms with Gasteiger partial charge in [-0.25, -0.2) is 4.58 Å². The molecule has 1 heterocycles. The molecule has 276 valence electrons. The lowest BCUT2D eigenvalue weighted by molar-refractivity contribution is -0.143. The molecule has 0 fully saturated rings. The maximum Gasteiger partial charge on any atom is 0.305 e. The Kier molecular flexibility index (Phi) is 14.9. The largest absolute Gasteiger partial charge is 0.496 e. The van der Waals surface area contributed by atoms with Crippen molar-refractivity contribution >= 4 is 28.3 Å². The molecule has 4 rings (SSSR count). The van der Waals surface area contributed by atoms with Crippen LogP contribution in [-0.2, 0) is 9.53 Å². The van der Waals surface area contributed by atoms with Crippen molar-refractivity contribution in [2.45, 2.75) is 59.3 Å². The maximum atomic E-state index is 12.2. The molecule has 1 unspecified atom stereocenters. The van der Waals surface area contributed by atoms with E-state index in [1.54, 1.807) is 7.11 Å². The van der Waals surface area contributed by atoms with Gasteiger partial charge in [-0.05, 0) is 94.0 Å². The van der Waals surface area contributed by atoms with E-state index in [4.69, 9.17) is 13.9 Å². The summed E-state index contributed by atoms with van der Waals surface area (Å²) < 4.78 is 20.5. The summed E-state index contributed by atoms with van der Waals surface area (Å²) in [4.78, 5) is 16.8. The number of carbonyl (C=O) groups is 1. The van der Waals surface area contributed by atoms with Crippen LogP contribution in [0.2, 0.25) is 0 Å². The molecule has 0 N–H and O–H groups in total. The zero-order valence-electron chi connectivity index (χ0n) is 32.1. The highest BCUT2D eigenvalue weighted by molar-refractivity contribution is 6.04. The quantitative estimate of drug-likeness (QED) is 0.0373. The second kappa shape index (κ2) is 19.5. The van der Waals surface area contributed by atoms with Gasteiger partial charge in [-0.2, -0.15) is 0 Å². The Bertz CT molecular complexity index is 1880. The highest BCUT2D eigenvalue weighted by Crippen LogP contribution is 2.48. The zero-order valence-corrected chi connectivity index (χ0v) is 32.1. The van der Waals surface area contributed by atoms with Gasteiger partial charge in [0.2, 0.25) is 5.36 Å². The van der Waals surface area contributed by atoms with E-state index in [-0.39, 0.29) is 11.9 Å². The molecule has 1 aliphatic heterocycles. The van der Waals surface area contributed by atoms with Crippen LogP contribution < -0.4 is 24.5 Å². The van der Waals surface area contributed by atoms with Crippen LogP contribution >= 0.6 is 0 Å². The van der Waals surface area contributed by atoms with Gasteiger partial charge in [0, 0.05) is 78.2 Å². The van der Waals surface area contributed by atoms with Gasteiger partial charge in [-0.3, -0.25) is 4.79 Å². The molecular formula is C45H58N3O4+. The van der Waals surface area contributed by atoms with Crippen molar-refractivity contribution in [3.63, 3.8) is 0 Å². The molecule has 52 heavy (non-hydrogen) atoms. The molecule has 0 radical (unpaired) electrons. The number of benzene rings is 3. The summed E-state index contributed by atoms with van der Waals surface area (Å²) in [5.41, 5.74) is 7.28. The van der Waals surface area contributed by atoms with E-state index in [2.05, 4.69) is 110 Å². The topological polar surface area (TPSA) is 58.2 Å². The van der Waals surface area contributed by atoms with E-state index in [0.29, 0.717) is 39.2 Å². The normalized spacial score (nSPS) is 11.6. The van der Waals surface area contributed by atoms with Crippen LogP contribution in [0.3, 0.4) is 0 Å². The van der Waals surface area contributed by atoms with Gasteiger partial charge in [-0.1, -0.05) is 32.2 Å². The summed E-state index contributed by atoms with van der Waals surface area (Å²) in [6.45, 7) is 29.2. The Balaban J connectivity index is 2.06. The van der Waals surface area contributed by atoms with Crippen molar-refractivity contribution in [2.24, 2.45) is 0 Å². The molecule has 0 spiro atoms. The first kappa shape index (κ1) is 39.7. The van der Waals surface area contributed by atoms with Gasteiger partial charge in [0.15, 0.2) is 13.1 Å². The Labute approximate surface area is 311 Å². The molecule has 2 aromatic carbocycles. The summed E-state index contributed by atoms with van der Waals surface area (Å²) >= 11 is 0. The molecule has 0 saturated heterocycles. The summed E-state index contributed by atoms with van der Waals surface area (Å²) in [6.07, 6.45) is 10.6. The van der Waals surface area contributed by atoms with Crippen LogP contribution in [0.4, 0.5) is 11.4 Å². The molecule has 7 heteroatoms. The van der Waals surface area contributed by atoms with Gasteiger partial charge in [0.1, 0.15) is 17.1 Å². The van der Waals surface area contributed by atoms with E-state index in [9.17, 15) is 4.79 Å². The Morgan fingerprint density at radius 1 is 0.865 bits per heavy atom. The van der Waals surface area contributed by atoms with Gasteiger partial charge >= 0.3 is 5.97 Å². The predicted octanol–water partition coefficient (Wildman–Crippen LogP) is 9.61. The monoisotopic (exact) mass is 704 g/mol. The fraction of sp³-hybridized carbons (Fsp3) is 0.378. The van der Waals surface area contributed by atoms with Crippen LogP contribution in [0.15, 0.2) is 104 Å². The van der Waals surface area contributed by atoms with E-state index in [1.165, 1.54) is 11.3 Å². The lowest BCUT2D eigenvalue weighted by Gasteiger charge is -2.30. The van der Waals surface area contributed by atoms with Crippen LogP contribution in [0.25, 0.3) is 33.4 Å². The van der Waals surface area contributed by atoms with Crippen molar-refractivity contribution in [3.8, 4) is 28.2 Å². The van der Waals surface area contributed by atoms with E-state index in [1.807, 2.05) is 31.2 Å². The second-order valence-electron chi connectivity index (χ2n) is 12.9. The number of esters is 1. The van der Waals surface area contributed by atoms with Crippen LogP contribution in [0, 0.1) is 0 Å². The molecule has 2 aliphatic rings. The van der Waals surface area contributed by atoms with Crippen molar-refractivity contribution in [2.75, 3.05) is 62.8 Å². The van der Waals surface area contributed by atoms with Crippen LogP contribution in [-0.4, -0.2) is 59.0 Å². The third-order valence-corrected chi connectivity index (χ3v) is 9.71. The van der Waals surface area contributed by atoms with Crippen LogP contribution in [0.5, 0.6) is 5.75 Å². The third kappa shape index (κ3) is 9.05. The first-order chi connectivity index (χ1) is 25.3.